The molecule has 28 heavy (non-hydrogen) atoms. The van der Waals surface area contributed by atoms with E-state index in [4.69, 9.17) is 0 Å². The van der Waals surface area contributed by atoms with Crippen molar-refractivity contribution in [2.45, 2.75) is 6.92 Å². The van der Waals surface area contributed by atoms with Gasteiger partial charge in [0.25, 0.3) is 17.7 Å². The number of imide groups is 1. The third kappa shape index (κ3) is 2.80. The van der Waals surface area contributed by atoms with Crippen LogP contribution in [0.2, 0.25) is 0 Å². The van der Waals surface area contributed by atoms with Crippen molar-refractivity contribution in [2.24, 2.45) is 0 Å². The monoisotopic (exact) mass is 391 g/mol. The first kappa shape index (κ1) is 18.1. The van der Waals surface area contributed by atoms with Crippen molar-refractivity contribution < 1.29 is 14.4 Å². The van der Waals surface area contributed by atoms with Gasteiger partial charge in [-0.3, -0.25) is 24.2 Å². The number of carbonyl (C=O) groups is 3. The summed E-state index contributed by atoms with van der Waals surface area (Å²) in [4.78, 5) is 45.2. The van der Waals surface area contributed by atoms with E-state index in [-0.39, 0.29) is 23.9 Å². The molecular weight excluding hydrogens is 374 g/mol. The van der Waals surface area contributed by atoms with E-state index >= 15 is 0 Å². The van der Waals surface area contributed by atoms with Gasteiger partial charge in [-0.05, 0) is 37.3 Å². The van der Waals surface area contributed by atoms with Gasteiger partial charge in [0.05, 0.1) is 21.3 Å². The minimum absolute atomic E-state index is 0.141. The first-order chi connectivity index (χ1) is 13.5. The van der Waals surface area contributed by atoms with Gasteiger partial charge in [0, 0.05) is 18.7 Å². The van der Waals surface area contributed by atoms with Crippen LogP contribution in [0.5, 0.6) is 0 Å². The molecule has 0 fully saturated rings. The lowest BCUT2D eigenvalue weighted by molar-refractivity contribution is 0.0672. The van der Waals surface area contributed by atoms with Crippen molar-refractivity contribution in [3.05, 3.63) is 71.8 Å². The molecule has 0 radical (unpaired) electrons. The molecule has 0 saturated heterocycles. The number of aromatic nitrogens is 1. The molecule has 3 amide bonds. The van der Waals surface area contributed by atoms with Crippen LogP contribution in [0.15, 0.2) is 55.1 Å². The van der Waals surface area contributed by atoms with E-state index in [9.17, 15) is 14.4 Å². The number of rotatable bonds is 5. The molecule has 3 aromatic rings. The van der Waals surface area contributed by atoms with Crippen molar-refractivity contribution in [1.82, 2.24) is 9.88 Å². The quantitative estimate of drug-likeness (QED) is 0.491. The summed E-state index contributed by atoms with van der Waals surface area (Å²) in [7, 11) is 0. The Hall–Kier alpha value is -3.32. The maximum absolute atomic E-state index is 13.1. The first-order valence-electron chi connectivity index (χ1n) is 8.83. The highest BCUT2D eigenvalue weighted by Gasteiger charge is 2.35. The fourth-order valence-corrected chi connectivity index (χ4v) is 4.24. The second-order valence-corrected chi connectivity index (χ2v) is 7.29. The van der Waals surface area contributed by atoms with Crippen LogP contribution >= 0.6 is 11.3 Å². The van der Waals surface area contributed by atoms with Gasteiger partial charge in [-0.25, -0.2) is 4.98 Å². The number of anilines is 1. The van der Waals surface area contributed by atoms with Crippen LogP contribution in [0.4, 0.5) is 5.13 Å². The summed E-state index contributed by atoms with van der Waals surface area (Å²) in [6, 6.07) is 12.3. The minimum Gasteiger partial charge on any atom is -0.284 e. The van der Waals surface area contributed by atoms with Gasteiger partial charge in [-0.2, -0.15) is 0 Å². The molecule has 1 aromatic heterocycles. The van der Waals surface area contributed by atoms with Gasteiger partial charge in [-0.15, -0.1) is 6.58 Å². The second kappa shape index (κ2) is 7.01. The number of thiazole rings is 1. The molecule has 140 valence electrons. The lowest BCUT2D eigenvalue weighted by Crippen LogP contribution is -2.30. The number of fused-ring (bicyclic) bond motifs is 2. The third-order valence-electron chi connectivity index (χ3n) is 4.60. The van der Waals surface area contributed by atoms with Gasteiger partial charge in [0.1, 0.15) is 0 Å². The maximum Gasteiger partial charge on any atom is 0.261 e. The summed E-state index contributed by atoms with van der Waals surface area (Å²) in [5.74, 6) is -1.03. The van der Waals surface area contributed by atoms with Crippen molar-refractivity contribution >= 4 is 44.4 Å². The van der Waals surface area contributed by atoms with Crippen molar-refractivity contribution in [3.8, 4) is 0 Å². The summed E-state index contributed by atoms with van der Waals surface area (Å²) in [5, 5.41) is 0.602. The predicted molar refractivity (Wildman–Crippen MR) is 109 cm³/mol. The molecule has 0 bridgehead atoms. The molecule has 0 N–H and O–H groups in total. The molecule has 2 heterocycles. The average molecular weight is 391 g/mol. The van der Waals surface area contributed by atoms with Crippen molar-refractivity contribution in [3.63, 3.8) is 0 Å². The van der Waals surface area contributed by atoms with Gasteiger partial charge >= 0.3 is 0 Å². The lowest BCUT2D eigenvalue weighted by atomic mass is 10.0. The van der Waals surface area contributed by atoms with Crippen LogP contribution < -0.4 is 4.90 Å². The maximum atomic E-state index is 13.1. The first-order valence-corrected chi connectivity index (χ1v) is 9.65. The zero-order valence-electron chi connectivity index (χ0n) is 15.2. The van der Waals surface area contributed by atoms with Crippen LogP contribution in [-0.2, 0) is 0 Å². The molecule has 1 aliphatic rings. The lowest BCUT2D eigenvalue weighted by Gasteiger charge is -2.17. The molecule has 7 heteroatoms. The van der Waals surface area contributed by atoms with E-state index in [0.29, 0.717) is 22.8 Å². The summed E-state index contributed by atoms with van der Waals surface area (Å²) in [6.45, 7) is 6.02. The standard InChI is InChI=1S/C21H17N3O3S/c1-3-11-24-19(26)14-10-9-13(12-15(14)20(24)27)18(25)23(4-2)21-22-16-7-5-6-8-17(16)28-21/h3,5-10,12H,1,4,11H2,2H3. The number of amides is 3. The molecule has 4 rings (SSSR count). The molecule has 0 saturated carbocycles. The summed E-state index contributed by atoms with van der Waals surface area (Å²) in [5.41, 5.74) is 1.74. The van der Waals surface area contributed by atoms with Gasteiger partial charge in [0.2, 0.25) is 0 Å². The Bertz CT molecular complexity index is 1100. The highest BCUT2D eigenvalue weighted by Crippen LogP contribution is 2.30. The zero-order chi connectivity index (χ0) is 19.8. The normalized spacial score (nSPS) is 13.1. The summed E-state index contributed by atoms with van der Waals surface area (Å²) >= 11 is 1.44. The van der Waals surface area contributed by atoms with Gasteiger partial charge in [0.15, 0.2) is 5.13 Å². The number of nitrogens with zero attached hydrogens (tertiary/aromatic N) is 3. The minimum atomic E-state index is -0.405. The van der Waals surface area contributed by atoms with Crippen LogP contribution in [-0.4, -0.2) is 40.7 Å². The van der Waals surface area contributed by atoms with E-state index in [2.05, 4.69) is 11.6 Å². The fraction of sp³-hybridized carbons (Fsp3) is 0.143. The average Bonchev–Trinajstić information content (AvgIpc) is 3.23. The van der Waals surface area contributed by atoms with E-state index in [0.717, 1.165) is 15.1 Å². The number of para-hydroxylation sites is 1. The number of carbonyl (C=O) groups excluding carboxylic acids is 3. The van der Waals surface area contributed by atoms with Gasteiger partial charge < -0.3 is 0 Å². The highest BCUT2D eigenvalue weighted by molar-refractivity contribution is 7.22. The Labute approximate surface area is 165 Å². The fourth-order valence-electron chi connectivity index (χ4n) is 3.22. The predicted octanol–water partition coefficient (Wildman–Crippen LogP) is 3.75. The van der Waals surface area contributed by atoms with Crippen molar-refractivity contribution in [2.75, 3.05) is 18.0 Å². The largest absolute Gasteiger partial charge is 0.284 e. The third-order valence-corrected chi connectivity index (χ3v) is 5.66. The van der Waals surface area contributed by atoms with E-state index in [1.807, 2.05) is 31.2 Å². The molecule has 0 spiro atoms. The number of hydrogen-bond donors (Lipinski definition) is 0. The Morgan fingerprint density at radius 2 is 1.93 bits per heavy atom. The molecule has 2 aromatic carbocycles. The van der Waals surface area contributed by atoms with Crippen LogP contribution in [0.25, 0.3) is 10.2 Å². The molecule has 0 atom stereocenters. The number of benzene rings is 2. The van der Waals surface area contributed by atoms with E-state index < -0.39 is 5.91 Å². The topological polar surface area (TPSA) is 70.6 Å². The summed E-state index contributed by atoms with van der Waals surface area (Å²) in [6.07, 6.45) is 1.50. The SMILES string of the molecule is C=CCN1C(=O)c2ccc(C(=O)N(CC)c3nc4ccccc4s3)cc2C1=O. The smallest absolute Gasteiger partial charge is 0.261 e. The summed E-state index contributed by atoms with van der Waals surface area (Å²) < 4.78 is 0.999. The number of hydrogen-bond acceptors (Lipinski definition) is 5. The molecule has 6 nitrogen and oxygen atoms in total. The Morgan fingerprint density at radius 1 is 1.18 bits per heavy atom. The van der Waals surface area contributed by atoms with Crippen LogP contribution in [0, 0.1) is 0 Å². The van der Waals surface area contributed by atoms with Gasteiger partial charge in [-0.1, -0.05) is 29.5 Å². The molecule has 0 unspecified atom stereocenters. The second-order valence-electron chi connectivity index (χ2n) is 6.28. The Balaban J connectivity index is 1.69. The van der Waals surface area contributed by atoms with E-state index in [1.165, 1.54) is 29.5 Å². The van der Waals surface area contributed by atoms with Crippen LogP contribution in [0.3, 0.4) is 0 Å². The molecule has 0 aliphatic carbocycles. The molecule has 1 aliphatic heterocycles. The molecular formula is C21H17N3O3S. The Kier molecular flexibility index (Phi) is 4.52. The Morgan fingerprint density at radius 3 is 2.64 bits per heavy atom. The van der Waals surface area contributed by atoms with Crippen molar-refractivity contribution in [1.29, 1.82) is 0 Å². The highest BCUT2D eigenvalue weighted by atomic mass is 32.1. The van der Waals surface area contributed by atoms with Crippen LogP contribution in [0.1, 0.15) is 38.0 Å². The van der Waals surface area contributed by atoms with E-state index in [1.54, 1.807) is 11.0 Å². The zero-order valence-corrected chi connectivity index (χ0v) is 16.0.